The minimum absolute atomic E-state index is 0.0289. The molecule has 1 amide bonds. The van der Waals surface area contributed by atoms with Gasteiger partial charge >= 0.3 is 6.01 Å². The summed E-state index contributed by atoms with van der Waals surface area (Å²) in [4.78, 5) is 22.9. The molecule has 6 heteroatoms. The van der Waals surface area contributed by atoms with Crippen molar-refractivity contribution in [3.05, 3.63) is 53.1 Å². The van der Waals surface area contributed by atoms with Gasteiger partial charge in [-0.3, -0.25) is 4.79 Å². The number of halogens is 1. The molecule has 1 saturated heterocycles. The number of carbonyl (C=O) groups is 1. The zero-order valence-electron chi connectivity index (χ0n) is 14.5. The standard InChI is InChI=1S/C19H22FN3O2/c1-13-10-14(2)22-19(21-13)25-17-4-3-9-23(12-17)18(24)11-15-5-7-16(20)8-6-15/h5-8,10,17H,3-4,9,11-12H2,1-2H3. The predicted molar refractivity (Wildman–Crippen MR) is 91.8 cm³/mol. The number of carbonyl (C=O) groups excluding carboxylic acids is 1. The van der Waals surface area contributed by atoms with Gasteiger partial charge in [0, 0.05) is 17.9 Å². The van der Waals surface area contributed by atoms with Gasteiger partial charge in [-0.15, -0.1) is 0 Å². The van der Waals surface area contributed by atoms with Crippen LogP contribution in [-0.4, -0.2) is 40.0 Å². The first-order chi connectivity index (χ1) is 12.0. The van der Waals surface area contributed by atoms with E-state index in [0.717, 1.165) is 29.8 Å². The zero-order valence-corrected chi connectivity index (χ0v) is 14.5. The third kappa shape index (κ3) is 4.75. The van der Waals surface area contributed by atoms with E-state index in [2.05, 4.69) is 9.97 Å². The van der Waals surface area contributed by atoms with E-state index in [4.69, 9.17) is 4.74 Å². The molecule has 2 heterocycles. The highest BCUT2D eigenvalue weighted by molar-refractivity contribution is 5.78. The van der Waals surface area contributed by atoms with E-state index in [-0.39, 0.29) is 24.2 Å². The summed E-state index contributed by atoms with van der Waals surface area (Å²) in [7, 11) is 0. The zero-order chi connectivity index (χ0) is 17.8. The Labute approximate surface area is 146 Å². The fourth-order valence-electron chi connectivity index (χ4n) is 3.04. The highest BCUT2D eigenvalue weighted by atomic mass is 19.1. The largest absolute Gasteiger partial charge is 0.458 e. The number of piperidine rings is 1. The molecule has 0 saturated carbocycles. The van der Waals surface area contributed by atoms with Crippen molar-refractivity contribution in [2.45, 2.75) is 39.2 Å². The first-order valence-corrected chi connectivity index (χ1v) is 8.51. The van der Waals surface area contributed by atoms with Gasteiger partial charge in [0.1, 0.15) is 11.9 Å². The lowest BCUT2D eigenvalue weighted by molar-refractivity contribution is -0.133. The Morgan fingerprint density at radius 1 is 1.24 bits per heavy atom. The number of rotatable bonds is 4. The van der Waals surface area contributed by atoms with Crippen molar-refractivity contribution in [2.75, 3.05) is 13.1 Å². The second kappa shape index (κ2) is 7.59. The molecule has 0 N–H and O–H groups in total. The number of ether oxygens (including phenoxy) is 1. The Morgan fingerprint density at radius 2 is 1.92 bits per heavy atom. The quantitative estimate of drug-likeness (QED) is 0.857. The maximum absolute atomic E-state index is 13.0. The van der Waals surface area contributed by atoms with E-state index < -0.39 is 0 Å². The summed E-state index contributed by atoms with van der Waals surface area (Å²) >= 11 is 0. The van der Waals surface area contributed by atoms with Gasteiger partial charge in [0.15, 0.2) is 0 Å². The number of hydrogen-bond acceptors (Lipinski definition) is 4. The van der Waals surface area contributed by atoms with Crippen molar-refractivity contribution in [2.24, 2.45) is 0 Å². The average molecular weight is 343 g/mol. The maximum Gasteiger partial charge on any atom is 0.317 e. The van der Waals surface area contributed by atoms with Crippen LogP contribution in [0.3, 0.4) is 0 Å². The molecule has 5 nitrogen and oxygen atoms in total. The van der Waals surface area contributed by atoms with Crippen LogP contribution in [0.2, 0.25) is 0 Å². The summed E-state index contributed by atoms with van der Waals surface area (Å²) in [6, 6.07) is 8.31. The van der Waals surface area contributed by atoms with Crippen LogP contribution in [0.15, 0.2) is 30.3 Å². The topological polar surface area (TPSA) is 55.3 Å². The van der Waals surface area contributed by atoms with Crippen molar-refractivity contribution in [3.8, 4) is 6.01 Å². The van der Waals surface area contributed by atoms with Crippen LogP contribution in [0.5, 0.6) is 6.01 Å². The number of aryl methyl sites for hydroxylation is 2. The molecule has 1 aliphatic heterocycles. The fourth-order valence-corrected chi connectivity index (χ4v) is 3.04. The van der Waals surface area contributed by atoms with Gasteiger partial charge in [-0.1, -0.05) is 12.1 Å². The van der Waals surface area contributed by atoms with E-state index in [1.807, 2.05) is 19.9 Å². The van der Waals surface area contributed by atoms with E-state index >= 15 is 0 Å². The Hall–Kier alpha value is -2.50. The van der Waals surface area contributed by atoms with Crippen LogP contribution in [0, 0.1) is 19.7 Å². The second-order valence-electron chi connectivity index (χ2n) is 6.46. The molecule has 2 aromatic rings. The summed E-state index contributed by atoms with van der Waals surface area (Å²) in [6.45, 7) is 5.05. The molecule has 1 aromatic carbocycles. The number of benzene rings is 1. The van der Waals surface area contributed by atoms with Gasteiger partial charge in [-0.25, -0.2) is 14.4 Å². The molecule has 1 atom stereocenters. The SMILES string of the molecule is Cc1cc(C)nc(OC2CCCN(C(=O)Cc3ccc(F)cc3)C2)n1. The molecular formula is C19H22FN3O2. The van der Waals surface area contributed by atoms with E-state index in [9.17, 15) is 9.18 Å². The molecule has 0 aliphatic carbocycles. The van der Waals surface area contributed by atoms with Crippen LogP contribution < -0.4 is 4.74 Å². The minimum Gasteiger partial charge on any atom is -0.458 e. The first kappa shape index (κ1) is 17.3. The van der Waals surface area contributed by atoms with Crippen molar-refractivity contribution < 1.29 is 13.9 Å². The first-order valence-electron chi connectivity index (χ1n) is 8.51. The lowest BCUT2D eigenvalue weighted by Gasteiger charge is -2.32. The molecule has 3 rings (SSSR count). The summed E-state index contributed by atoms with van der Waals surface area (Å²) in [6.07, 6.45) is 1.92. The Kier molecular flexibility index (Phi) is 5.26. The molecule has 1 fully saturated rings. The molecule has 0 bridgehead atoms. The minimum atomic E-state index is -0.295. The number of nitrogens with zero attached hydrogens (tertiary/aromatic N) is 3. The van der Waals surface area contributed by atoms with Crippen LogP contribution in [0.4, 0.5) is 4.39 Å². The summed E-state index contributed by atoms with van der Waals surface area (Å²) in [5.41, 5.74) is 2.54. The van der Waals surface area contributed by atoms with Gasteiger partial charge in [-0.05, 0) is 50.5 Å². The molecule has 132 valence electrons. The number of likely N-dealkylation sites (tertiary alicyclic amines) is 1. The lowest BCUT2D eigenvalue weighted by atomic mass is 10.1. The highest BCUT2D eigenvalue weighted by Crippen LogP contribution is 2.17. The molecule has 1 aromatic heterocycles. The van der Waals surface area contributed by atoms with E-state index in [1.165, 1.54) is 12.1 Å². The van der Waals surface area contributed by atoms with Gasteiger partial charge in [0.2, 0.25) is 5.91 Å². The van der Waals surface area contributed by atoms with Gasteiger partial charge in [0.25, 0.3) is 0 Å². The van der Waals surface area contributed by atoms with Crippen LogP contribution in [0.1, 0.15) is 29.8 Å². The predicted octanol–water partition coefficient (Wildman–Crippen LogP) is 2.85. The Balaban J connectivity index is 1.60. The summed E-state index contributed by atoms with van der Waals surface area (Å²) < 4.78 is 18.9. The van der Waals surface area contributed by atoms with Crippen molar-refractivity contribution in [1.82, 2.24) is 14.9 Å². The van der Waals surface area contributed by atoms with Crippen molar-refractivity contribution in [3.63, 3.8) is 0 Å². The molecule has 0 radical (unpaired) electrons. The fraction of sp³-hybridized carbons (Fsp3) is 0.421. The Bertz CT molecular complexity index is 729. The molecule has 1 aliphatic rings. The van der Waals surface area contributed by atoms with Gasteiger partial charge in [-0.2, -0.15) is 0 Å². The summed E-state index contributed by atoms with van der Waals surface area (Å²) in [5, 5.41) is 0. The van der Waals surface area contributed by atoms with Crippen molar-refractivity contribution in [1.29, 1.82) is 0 Å². The normalized spacial score (nSPS) is 17.4. The summed E-state index contributed by atoms with van der Waals surface area (Å²) in [5.74, 6) is -0.266. The van der Waals surface area contributed by atoms with Crippen LogP contribution in [0.25, 0.3) is 0 Å². The molecule has 25 heavy (non-hydrogen) atoms. The second-order valence-corrected chi connectivity index (χ2v) is 6.46. The highest BCUT2D eigenvalue weighted by Gasteiger charge is 2.25. The van der Waals surface area contributed by atoms with E-state index in [0.29, 0.717) is 19.1 Å². The third-order valence-corrected chi connectivity index (χ3v) is 4.23. The molecule has 1 unspecified atom stereocenters. The lowest BCUT2D eigenvalue weighted by Crippen LogP contribution is -2.45. The number of hydrogen-bond donors (Lipinski definition) is 0. The monoisotopic (exact) mass is 343 g/mol. The molecule has 0 spiro atoms. The molecular weight excluding hydrogens is 321 g/mol. The average Bonchev–Trinajstić information content (AvgIpc) is 2.56. The van der Waals surface area contributed by atoms with Crippen LogP contribution in [-0.2, 0) is 11.2 Å². The van der Waals surface area contributed by atoms with Gasteiger partial charge in [0.05, 0.1) is 13.0 Å². The van der Waals surface area contributed by atoms with Crippen LogP contribution >= 0.6 is 0 Å². The Morgan fingerprint density at radius 3 is 2.60 bits per heavy atom. The van der Waals surface area contributed by atoms with Gasteiger partial charge < -0.3 is 9.64 Å². The number of aromatic nitrogens is 2. The van der Waals surface area contributed by atoms with Crippen molar-refractivity contribution >= 4 is 5.91 Å². The maximum atomic E-state index is 13.0. The third-order valence-electron chi connectivity index (χ3n) is 4.23. The van der Waals surface area contributed by atoms with E-state index in [1.54, 1.807) is 17.0 Å². The number of amides is 1. The smallest absolute Gasteiger partial charge is 0.317 e.